The van der Waals surface area contributed by atoms with E-state index < -0.39 is 0 Å². The Morgan fingerprint density at radius 3 is 2.65 bits per heavy atom. The molecule has 118 valence electrons. The Hall–Kier alpha value is -2.62. The van der Waals surface area contributed by atoms with Crippen LogP contribution in [-0.4, -0.2) is 11.9 Å². The molecule has 1 amide bonds. The normalized spacial score (nSPS) is 12.3. The van der Waals surface area contributed by atoms with Crippen LogP contribution in [0.1, 0.15) is 18.2 Å². The van der Waals surface area contributed by atoms with E-state index in [9.17, 15) is 9.18 Å². The van der Waals surface area contributed by atoms with Gasteiger partial charge in [0.1, 0.15) is 17.2 Å². The molecule has 0 spiro atoms. The summed E-state index contributed by atoms with van der Waals surface area (Å²) in [7, 11) is 0. The Morgan fingerprint density at radius 2 is 1.91 bits per heavy atom. The van der Waals surface area contributed by atoms with Crippen molar-refractivity contribution in [3.05, 3.63) is 71.7 Å². The molecule has 1 atom stereocenters. The van der Waals surface area contributed by atoms with Gasteiger partial charge in [0.2, 0.25) is 5.91 Å². The second-order valence-electron chi connectivity index (χ2n) is 5.73. The van der Waals surface area contributed by atoms with Gasteiger partial charge in [-0.15, -0.1) is 0 Å². The molecule has 1 N–H and O–H groups in total. The molecule has 0 aliphatic carbocycles. The average molecular weight is 311 g/mol. The zero-order chi connectivity index (χ0) is 16.2. The molecule has 0 unspecified atom stereocenters. The SMILES string of the molecule is C[C@@H](Cc1cc2ccccc2o1)NC(=O)Cc1ccc(F)cc1. The lowest BCUT2D eigenvalue weighted by Crippen LogP contribution is -2.35. The van der Waals surface area contributed by atoms with Gasteiger partial charge in [-0.2, -0.15) is 0 Å². The summed E-state index contributed by atoms with van der Waals surface area (Å²) < 4.78 is 18.6. The van der Waals surface area contributed by atoms with Gasteiger partial charge in [0.25, 0.3) is 0 Å². The minimum atomic E-state index is -0.299. The number of furan rings is 1. The van der Waals surface area contributed by atoms with E-state index in [4.69, 9.17) is 4.42 Å². The van der Waals surface area contributed by atoms with Crippen molar-refractivity contribution < 1.29 is 13.6 Å². The van der Waals surface area contributed by atoms with Crippen molar-refractivity contribution in [1.29, 1.82) is 0 Å². The van der Waals surface area contributed by atoms with E-state index in [1.54, 1.807) is 12.1 Å². The highest BCUT2D eigenvalue weighted by Gasteiger charge is 2.12. The third-order valence-corrected chi connectivity index (χ3v) is 3.67. The van der Waals surface area contributed by atoms with Gasteiger partial charge in [0.05, 0.1) is 6.42 Å². The standard InChI is InChI=1S/C19H18FNO2/c1-13(10-17-12-15-4-2-3-5-18(15)23-17)21-19(22)11-14-6-8-16(20)9-7-14/h2-9,12-13H,10-11H2,1H3,(H,21,22)/t13-/m0/s1. The molecule has 0 saturated carbocycles. The largest absolute Gasteiger partial charge is 0.461 e. The van der Waals surface area contributed by atoms with Gasteiger partial charge >= 0.3 is 0 Å². The third kappa shape index (κ3) is 3.97. The Labute approximate surface area is 134 Å². The average Bonchev–Trinajstić information content (AvgIpc) is 2.91. The number of nitrogens with one attached hydrogen (secondary N) is 1. The fraction of sp³-hybridized carbons (Fsp3) is 0.211. The van der Waals surface area contributed by atoms with Crippen LogP contribution in [0, 0.1) is 5.82 Å². The highest BCUT2D eigenvalue weighted by molar-refractivity contribution is 5.79. The highest BCUT2D eigenvalue weighted by atomic mass is 19.1. The first-order chi connectivity index (χ1) is 11.1. The molecular weight excluding hydrogens is 293 g/mol. The molecule has 2 aromatic carbocycles. The number of benzene rings is 2. The van der Waals surface area contributed by atoms with Crippen LogP contribution in [0.4, 0.5) is 4.39 Å². The van der Waals surface area contributed by atoms with Crippen molar-refractivity contribution in [2.24, 2.45) is 0 Å². The Balaban J connectivity index is 1.56. The van der Waals surface area contributed by atoms with Gasteiger partial charge in [-0.3, -0.25) is 4.79 Å². The highest BCUT2D eigenvalue weighted by Crippen LogP contribution is 2.19. The van der Waals surface area contributed by atoms with Gasteiger partial charge in [0, 0.05) is 17.8 Å². The molecule has 0 radical (unpaired) electrons. The number of fused-ring (bicyclic) bond motifs is 1. The number of amides is 1. The number of hydrogen-bond donors (Lipinski definition) is 1. The van der Waals surface area contributed by atoms with E-state index in [0.717, 1.165) is 22.3 Å². The van der Waals surface area contributed by atoms with Crippen LogP contribution < -0.4 is 5.32 Å². The summed E-state index contributed by atoms with van der Waals surface area (Å²) in [5.41, 5.74) is 1.65. The van der Waals surface area contributed by atoms with Crippen LogP contribution in [0.15, 0.2) is 59.0 Å². The summed E-state index contributed by atoms with van der Waals surface area (Å²) in [5, 5.41) is 4.01. The monoisotopic (exact) mass is 311 g/mol. The fourth-order valence-corrected chi connectivity index (χ4v) is 2.60. The topological polar surface area (TPSA) is 42.2 Å². The molecule has 0 aliphatic rings. The number of rotatable bonds is 5. The number of para-hydroxylation sites is 1. The molecule has 3 aromatic rings. The minimum Gasteiger partial charge on any atom is -0.461 e. The maximum absolute atomic E-state index is 12.9. The first-order valence-corrected chi connectivity index (χ1v) is 7.61. The molecule has 23 heavy (non-hydrogen) atoms. The van der Waals surface area contributed by atoms with E-state index in [1.165, 1.54) is 12.1 Å². The van der Waals surface area contributed by atoms with E-state index >= 15 is 0 Å². The van der Waals surface area contributed by atoms with Crippen molar-refractivity contribution in [3.63, 3.8) is 0 Å². The van der Waals surface area contributed by atoms with Crippen molar-refractivity contribution >= 4 is 16.9 Å². The number of halogens is 1. The lowest BCUT2D eigenvalue weighted by Gasteiger charge is -2.12. The Morgan fingerprint density at radius 1 is 1.17 bits per heavy atom. The molecule has 1 heterocycles. The molecule has 0 fully saturated rings. The van der Waals surface area contributed by atoms with Crippen molar-refractivity contribution in [3.8, 4) is 0 Å². The predicted molar refractivity (Wildman–Crippen MR) is 87.6 cm³/mol. The van der Waals surface area contributed by atoms with Gasteiger partial charge in [-0.1, -0.05) is 30.3 Å². The van der Waals surface area contributed by atoms with Crippen molar-refractivity contribution in [2.45, 2.75) is 25.8 Å². The first kappa shape index (κ1) is 15.3. The van der Waals surface area contributed by atoms with Crippen LogP contribution in [0.3, 0.4) is 0 Å². The first-order valence-electron chi connectivity index (χ1n) is 7.61. The van der Waals surface area contributed by atoms with E-state index in [-0.39, 0.29) is 24.2 Å². The van der Waals surface area contributed by atoms with E-state index in [0.29, 0.717) is 6.42 Å². The quantitative estimate of drug-likeness (QED) is 0.777. The van der Waals surface area contributed by atoms with Gasteiger partial charge in [0.15, 0.2) is 0 Å². The Kier molecular flexibility index (Phi) is 4.42. The second kappa shape index (κ2) is 6.65. The molecule has 3 rings (SSSR count). The number of carbonyl (C=O) groups is 1. The van der Waals surface area contributed by atoms with Gasteiger partial charge in [-0.25, -0.2) is 4.39 Å². The van der Waals surface area contributed by atoms with Gasteiger partial charge < -0.3 is 9.73 Å². The van der Waals surface area contributed by atoms with Crippen LogP contribution in [0.5, 0.6) is 0 Å². The molecule has 3 nitrogen and oxygen atoms in total. The Bertz CT molecular complexity index is 775. The zero-order valence-corrected chi connectivity index (χ0v) is 12.9. The number of hydrogen-bond acceptors (Lipinski definition) is 2. The summed E-state index contributed by atoms with van der Waals surface area (Å²) in [4.78, 5) is 12.0. The molecule has 0 aliphatic heterocycles. The smallest absolute Gasteiger partial charge is 0.224 e. The molecule has 0 saturated heterocycles. The van der Waals surface area contributed by atoms with E-state index in [2.05, 4.69) is 5.32 Å². The van der Waals surface area contributed by atoms with Crippen LogP contribution in [0.2, 0.25) is 0 Å². The molecule has 1 aromatic heterocycles. The van der Waals surface area contributed by atoms with Crippen LogP contribution in [-0.2, 0) is 17.6 Å². The summed E-state index contributed by atoms with van der Waals surface area (Å²) in [5.74, 6) is 0.466. The zero-order valence-electron chi connectivity index (χ0n) is 12.9. The lowest BCUT2D eigenvalue weighted by molar-refractivity contribution is -0.121. The molecule has 4 heteroatoms. The minimum absolute atomic E-state index is 0.0384. The summed E-state index contributed by atoms with van der Waals surface area (Å²) >= 11 is 0. The summed E-state index contributed by atoms with van der Waals surface area (Å²) in [6.07, 6.45) is 0.870. The maximum atomic E-state index is 12.9. The van der Waals surface area contributed by atoms with Crippen LogP contribution in [0.25, 0.3) is 11.0 Å². The second-order valence-corrected chi connectivity index (χ2v) is 5.73. The van der Waals surface area contributed by atoms with Gasteiger partial charge in [-0.05, 0) is 36.8 Å². The van der Waals surface area contributed by atoms with Crippen molar-refractivity contribution in [2.75, 3.05) is 0 Å². The predicted octanol–water partition coefficient (Wildman–Crippen LogP) is 3.86. The van der Waals surface area contributed by atoms with E-state index in [1.807, 2.05) is 37.3 Å². The maximum Gasteiger partial charge on any atom is 0.224 e. The van der Waals surface area contributed by atoms with Crippen molar-refractivity contribution in [1.82, 2.24) is 5.32 Å². The summed E-state index contributed by atoms with van der Waals surface area (Å²) in [6, 6.07) is 15.8. The third-order valence-electron chi connectivity index (χ3n) is 3.67. The lowest BCUT2D eigenvalue weighted by atomic mass is 10.1. The number of carbonyl (C=O) groups excluding carboxylic acids is 1. The fourth-order valence-electron chi connectivity index (χ4n) is 2.60. The summed E-state index contributed by atoms with van der Waals surface area (Å²) in [6.45, 7) is 1.94. The van der Waals surface area contributed by atoms with Crippen LogP contribution >= 0.6 is 0 Å². The molecule has 0 bridgehead atoms. The molecular formula is C19H18FNO2.